The van der Waals surface area contributed by atoms with E-state index < -0.39 is 0 Å². The van der Waals surface area contributed by atoms with Crippen molar-refractivity contribution in [1.29, 1.82) is 0 Å². The largest absolute Gasteiger partial charge is 0.336 e. The SMILES string of the molecule is Cc1nc(-c2ccc(C(=O)N3CC(C)CCCC3C)cc2)n[nH]1. The predicted octanol–water partition coefficient (Wildman–Crippen LogP) is 3.43. The van der Waals surface area contributed by atoms with Gasteiger partial charge in [0.05, 0.1) is 0 Å². The first-order valence-electron chi connectivity index (χ1n) is 8.35. The Labute approximate surface area is 137 Å². The van der Waals surface area contributed by atoms with E-state index in [2.05, 4.69) is 29.0 Å². The summed E-state index contributed by atoms with van der Waals surface area (Å²) in [4.78, 5) is 19.2. The predicted molar refractivity (Wildman–Crippen MR) is 90.1 cm³/mol. The van der Waals surface area contributed by atoms with E-state index in [0.717, 1.165) is 29.9 Å². The average molecular weight is 312 g/mol. The van der Waals surface area contributed by atoms with Gasteiger partial charge in [-0.05, 0) is 44.7 Å². The molecule has 1 aliphatic heterocycles. The maximum atomic E-state index is 12.8. The van der Waals surface area contributed by atoms with Gasteiger partial charge < -0.3 is 4.90 Å². The van der Waals surface area contributed by atoms with E-state index in [0.29, 0.717) is 17.8 Å². The van der Waals surface area contributed by atoms with E-state index in [1.165, 1.54) is 12.8 Å². The average Bonchev–Trinajstić information content (AvgIpc) is 2.90. The molecule has 122 valence electrons. The second-order valence-electron chi connectivity index (χ2n) is 6.66. The van der Waals surface area contributed by atoms with Gasteiger partial charge in [-0.25, -0.2) is 4.98 Å². The van der Waals surface area contributed by atoms with Crippen LogP contribution < -0.4 is 0 Å². The lowest BCUT2D eigenvalue weighted by Gasteiger charge is -2.28. The number of benzene rings is 1. The number of rotatable bonds is 2. The fourth-order valence-electron chi connectivity index (χ4n) is 3.21. The summed E-state index contributed by atoms with van der Waals surface area (Å²) in [5, 5.41) is 6.99. The second kappa shape index (κ2) is 6.52. The number of nitrogens with one attached hydrogen (secondary N) is 1. The molecule has 1 aromatic carbocycles. The topological polar surface area (TPSA) is 61.9 Å². The van der Waals surface area contributed by atoms with Crippen LogP contribution in [0.15, 0.2) is 24.3 Å². The van der Waals surface area contributed by atoms with Gasteiger partial charge in [-0.15, -0.1) is 0 Å². The summed E-state index contributed by atoms with van der Waals surface area (Å²) >= 11 is 0. The van der Waals surface area contributed by atoms with Crippen LogP contribution in [0.2, 0.25) is 0 Å². The number of nitrogens with zero attached hydrogens (tertiary/aromatic N) is 3. The normalized spacial score (nSPS) is 22.0. The Kier molecular flexibility index (Phi) is 4.46. The highest BCUT2D eigenvalue weighted by molar-refractivity contribution is 5.94. The molecule has 0 spiro atoms. The van der Waals surface area contributed by atoms with Gasteiger partial charge in [-0.2, -0.15) is 5.10 Å². The van der Waals surface area contributed by atoms with E-state index in [1.807, 2.05) is 36.1 Å². The lowest BCUT2D eigenvalue weighted by Crippen LogP contribution is -2.39. The summed E-state index contributed by atoms with van der Waals surface area (Å²) in [6.45, 7) is 7.10. The molecule has 3 rings (SSSR count). The van der Waals surface area contributed by atoms with Crippen molar-refractivity contribution in [2.24, 2.45) is 5.92 Å². The first kappa shape index (κ1) is 15.7. The molecule has 1 N–H and O–H groups in total. The summed E-state index contributed by atoms with van der Waals surface area (Å²) < 4.78 is 0. The standard InChI is InChI=1S/C18H24N4O/c1-12-5-4-6-13(2)22(11-12)18(23)16-9-7-15(8-10-16)17-19-14(3)20-21-17/h7-10,12-13H,4-6,11H2,1-3H3,(H,19,20,21). The molecule has 23 heavy (non-hydrogen) atoms. The summed E-state index contributed by atoms with van der Waals surface area (Å²) in [6, 6.07) is 7.91. The zero-order valence-electron chi connectivity index (χ0n) is 14.0. The monoisotopic (exact) mass is 312 g/mol. The van der Waals surface area contributed by atoms with Gasteiger partial charge in [0.1, 0.15) is 5.82 Å². The van der Waals surface area contributed by atoms with Crippen LogP contribution in [0.1, 0.15) is 49.3 Å². The first-order chi connectivity index (χ1) is 11.0. The minimum Gasteiger partial charge on any atom is -0.336 e. The van der Waals surface area contributed by atoms with Crippen molar-refractivity contribution < 1.29 is 4.79 Å². The van der Waals surface area contributed by atoms with Crippen molar-refractivity contribution in [2.45, 2.75) is 46.1 Å². The molecule has 5 nitrogen and oxygen atoms in total. The Morgan fingerprint density at radius 1 is 1.22 bits per heavy atom. The Morgan fingerprint density at radius 2 is 1.96 bits per heavy atom. The summed E-state index contributed by atoms with van der Waals surface area (Å²) in [7, 11) is 0. The molecule has 1 aliphatic rings. The van der Waals surface area contributed by atoms with E-state index in [4.69, 9.17) is 0 Å². The number of aromatic nitrogens is 3. The van der Waals surface area contributed by atoms with Crippen molar-refractivity contribution in [3.8, 4) is 11.4 Å². The van der Waals surface area contributed by atoms with Crippen molar-refractivity contribution >= 4 is 5.91 Å². The van der Waals surface area contributed by atoms with Crippen LogP contribution in [-0.2, 0) is 0 Å². The molecular weight excluding hydrogens is 288 g/mol. The first-order valence-corrected chi connectivity index (χ1v) is 8.35. The van der Waals surface area contributed by atoms with Crippen molar-refractivity contribution in [2.75, 3.05) is 6.54 Å². The molecule has 1 aromatic heterocycles. The summed E-state index contributed by atoms with van der Waals surface area (Å²) in [5.41, 5.74) is 1.66. The lowest BCUT2D eigenvalue weighted by atomic mass is 10.1. The zero-order valence-corrected chi connectivity index (χ0v) is 14.0. The quantitative estimate of drug-likeness (QED) is 0.924. The molecule has 2 unspecified atom stereocenters. The van der Waals surface area contributed by atoms with Gasteiger partial charge >= 0.3 is 0 Å². The third-order valence-electron chi connectivity index (χ3n) is 4.61. The molecule has 5 heteroatoms. The fraction of sp³-hybridized carbons (Fsp3) is 0.500. The van der Waals surface area contributed by atoms with Crippen LogP contribution in [-0.4, -0.2) is 38.6 Å². The Bertz CT molecular complexity index is 677. The Balaban J connectivity index is 1.79. The van der Waals surface area contributed by atoms with E-state index >= 15 is 0 Å². The van der Waals surface area contributed by atoms with Crippen LogP contribution in [0.25, 0.3) is 11.4 Å². The molecular formula is C18H24N4O. The number of carbonyl (C=O) groups is 1. The molecule has 0 saturated carbocycles. The molecule has 2 aromatic rings. The van der Waals surface area contributed by atoms with Gasteiger partial charge in [0.15, 0.2) is 5.82 Å². The molecule has 1 fully saturated rings. The molecule has 1 saturated heterocycles. The van der Waals surface area contributed by atoms with E-state index in [-0.39, 0.29) is 5.91 Å². The summed E-state index contributed by atoms with van der Waals surface area (Å²) in [6.07, 6.45) is 3.50. The van der Waals surface area contributed by atoms with Gasteiger partial charge in [-0.3, -0.25) is 9.89 Å². The number of H-pyrrole nitrogens is 1. The maximum absolute atomic E-state index is 12.8. The number of hydrogen-bond acceptors (Lipinski definition) is 3. The van der Waals surface area contributed by atoms with Crippen LogP contribution in [0.4, 0.5) is 0 Å². The molecule has 0 bridgehead atoms. The van der Waals surface area contributed by atoms with Crippen molar-refractivity contribution in [3.63, 3.8) is 0 Å². The van der Waals surface area contributed by atoms with Crippen molar-refractivity contribution in [1.82, 2.24) is 20.1 Å². The van der Waals surface area contributed by atoms with Crippen LogP contribution >= 0.6 is 0 Å². The summed E-state index contributed by atoms with van der Waals surface area (Å²) in [5.74, 6) is 2.15. The molecule has 2 atom stereocenters. The highest BCUT2D eigenvalue weighted by Crippen LogP contribution is 2.23. The number of aromatic amines is 1. The van der Waals surface area contributed by atoms with Gasteiger partial charge in [-0.1, -0.05) is 25.5 Å². The zero-order chi connectivity index (χ0) is 16.4. The Morgan fingerprint density at radius 3 is 2.61 bits per heavy atom. The van der Waals surface area contributed by atoms with Crippen LogP contribution in [0, 0.1) is 12.8 Å². The number of carbonyl (C=O) groups excluding carboxylic acids is 1. The number of aryl methyl sites for hydroxylation is 1. The highest BCUT2D eigenvalue weighted by Gasteiger charge is 2.25. The molecule has 2 heterocycles. The van der Waals surface area contributed by atoms with E-state index in [9.17, 15) is 4.79 Å². The number of hydrogen-bond donors (Lipinski definition) is 1. The number of likely N-dealkylation sites (tertiary alicyclic amines) is 1. The minimum atomic E-state index is 0.129. The molecule has 0 aliphatic carbocycles. The van der Waals surface area contributed by atoms with Gasteiger partial charge in [0, 0.05) is 23.7 Å². The van der Waals surface area contributed by atoms with Gasteiger partial charge in [0.25, 0.3) is 5.91 Å². The Hall–Kier alpha value is -2.17. The highest BCUT2D eigenvalue weighted by atomic mass is 16.2. The number of amides is 1. The molecule has 0 radical (unpaired) electrons. The third kappa shape index (κ3) is 3.44. The maximum Gasteiger partial charge on any atom is 0.254 e. The minimum absolute atomic E-state index is 0.129. The van der Waals surface area contributed by atoms with Gasteiger partial charge in [0.2, 0.25) is 0 Å². The van der Waals surface area contributed by atoms with E-state index in [1.54, 1.807) is 0 Å². The van der Waals surface area contributed by atoms with Crippen molar-refractivity contribution in [3.05, 3.63) is 35.7 Å². The fourth-order valence-corrected chi connectivity index (χ4v) is 3.21. The van der Waals surface area contributed by atoms with Crippen LogP contribution in [0.5, 0.6) is 0 Å². The molecule has 1 amide bonds. The second-order valence-corrected chi connectivity index (χ2v) is 6.66. The van der Waals surface area contributed by atoms with Crippen LogP contribution in [0.3, 0.4) is 0 Å². The lowest BCUT2D eigenvalue weighted by molar-refractivity contribution is 0.0677. The third-order valence-corrected chi connectivity index (χ3v) is 4.61. The smallest absolute Gasteiger partial charge is 0.254 e.